The number of amides is 2. The van der Waals surface area contributed by atoms with Crippen LogP contribution in [0.3, 0.4) is 0 Å². The number of aryl methyl sites for hydroxylation is 2. The highest BCUT2D eigenvalue weighted by molar-refractivity contribution is 5.98. The average Bonchev–Trinajstić information content (AvgIpc) is 3.06. The summed E-state index contributed by atoms with van der Waals surface area (Å²) in [5, 5.41) is 17.3. The summed E-state index contributed by atoms with van der Waals surface area (Å²) in [5.74, 6) is 0.457. The van der Waals surface area contributed by atoms with E-state index in [0.29, 0.717) is 22.9 Å². The van der Waals surface area contributed by atoms with Crippen molar-refractivity contribution < 1.29 is 4.79 Å². The number of rotatable bonds is 3. The SMILES string of the molecule is Cc1ccnc(N)c1-c1cccc2cc(-c3nn(C)cc3NC(=O)N3CCC3)nnc12. The number of likely N-dealkylation sites (tertiary alicyclic amines) is 1. The highest BCUT2D eigenvalue weighted by Gasteiger charge is 2.23. The Labute approximate surface area is 178 Å². The number of benzene rings is 1. The summed E-state index contributed by atoms with van der Waals surface area (Å²) in [5.41, 5.74) is 11.4. The van der Waals surface area contributed by atoms with Crippen LogP contribution in [0.15, 0.2) is 42.7 Å². The second-order valence-electron chi connectivity index (χ2n) is 7.70. The number of nitrogens with zero attached hydrogens (tertiary/aromatic N) is 6. The predicted octanol–water partition coefficient (Wildman–Crippen LogP) is 3.22. The quantitative estimate of drug-likeness (QED) is 0.532. The van der Waals surface area contributed by atoms with Crippen LogP contribution in [0.5, 0.6) is 0 Å². The molecule has 1 aliphatic rings. The molecule has 0 saturated carbocycles. The first-order valence-electron chi connectivity index (χ1n) is 10.1. The van der Waals surface area contributed by atoms with E-state index >= 15 is 0 Å². The van der Waals surface area contributed by atoms with E-state index in [9.17, 15) is 4.79 Å². The molecule has 3 N–H and O–H groups in total. The molecule has 5 rings (SSSR count). The van der Waals surface area contributed by atoms with Crippen LogP contribution in [0, 0.1) is 6.92 Å². The Morgan fingerprint density at radius 1 is 1.19 bits per heavy atom. The van der Waals surface area contributed by atoms with Crippen molar-refractivity contribution in [2.45, 2.75) is 13.3 Å². The molecule has 31 heavy (non-hydrogen) atoms. The van der Waals surface area contributed by atoms with E-state index in [4.69, 9.17) is 5.73 Å². The highest BCUT2D eigenvalue weighted by atomic mass is 16.2. The lowest BCUT2D eigenvalue weighted by Crippen LogP contribution is -2.44. The summed E-state index contributed by atoms with van der Waals surface area (Å²) in [6, 6.07) is 9.62. The maximum Gasteiger partial charge on any atom is 0.321 e. The fourth-order valence-corrected chi connectivity index (χ4v) is 3.80. The minimum absolute atomic E-state index is 0.126. The summed E-state index contributed by atoms with van der Waals surface area (Å²) >= 11 is 0. The molecule has 1 saturated heterocycles. The summed E-state index contributed by atoms with van der Waals surface area (Å²) in [4.78, 5) is 18.4. The van der Waals surface area contributed by atoms with Gasteiger partial charge < -0.3 is 16.0 Å². The minimum Gasteiger partial charge on any atom is -0.383 e. The van der Waals surface area contributed by atoms with E-state index in [1.54, 1.807) is 22.0 Å². The molecule has 2 amide bonds. The van der Waals surface area contributed by atoms with Gasteiger partial charge in [-0.15, -0.1) is 10.2 Å². The Bertz CT molecular complexity index is 1290. The normalized spacial score (nSPS) is 13.3. The molecule has 0 radical (unpaired) electrons. The third-order valence-corrected chi connectivity index (χ3v) is 5.53. The van der Waals surface area contributed by atoms with Gasteiger partial charge in [0.2, 0.25) is 0 Å². The molecule has 1 fully saturated rings. The van der Waals surface area contributed by atoms with Crippen molar-refractivity contribution >= 4 is 28.4 Å². The first-order valence-corrected chi connectivity index (χ1v) is 10.1. The summed E-state index contributed by atoms with van der Waals surface area (Å²) in [6.45, 7) is 3.54. The first kappa shape index (κ1) is 19.0. The molecular formula is C22H22N8O. The number of carbonyl (C=O) groups excluding carboxylic acids is 1. The van der Waals surface area contributed by atoms with E-state index in [1.807, 2.05) is 44.3 Å². The number of aromatic nitrogens is 5. The van der Waals surface area contributed by atoms with Crippen molar-refractivity contribution in [3.05, 3.63) is 48.3 Å². The van der Waals surface area contributed by atoms with Crippen LogP contribution in [0.25, 0.3) is 33.4 Å². The molecule has 4 heterocycles. The molecular weight excluding hydrogens is 392 g/mol. The van der Waals surface area contributed by atoms with Crippen molar-refractivity contribution in [3.8, 4) is 22.5 Å². The zero-order valence-electron chi connectivity index (χ0n) is 17.3. The lowest BCUT2D eigenvalue weighted by molar-refractivity contribution is 0.181. The van der Waals surface area contributed by atoms with Gasteiger partial charge in [-0.1, -0.05) is 18.2 Å². The fraction of sp³-hybridized carbons (Fsp3) is 0.227. The molecule has 3 aromatic heterocycles. The van der Waals surface area contributed by atoms with Crippen LogP contribution in [0.4, 0.5) is 16.3 Å². The Morgan fingerprint density at radius 3 is 2.77 bits per heavy atom. The van der Waals surface area contributed by atoms with Crippen LogP contribution < -0.4 is 11.1 Å². The zero-order valence-corrected chi connectivity index (χ0v) is 17.3. The van der Waals surface area contributed by atoms with Gasteiger partial charge in [-0.25, -0.2) is 9.78 Å². The molecule has 4 aromatic rings. The molecule has 0 bridgehead atoms. The number of carbonyl (C=O) groups is 1. The van der Waals surface area contributed by atoms with Gasteiger partial charge in [-0.05, 0) is 31.0 Å². The summed E-state index contributed by atoms with van der Waals surface area (Å²) < 4.78 is 1.66. The molecule has 0 aliphatic carbocycles. The number of hydrogen-bond acceptors (Lipinski definition) is 6. The number of hydrogen-bond donors (Lipinski definition) is 2. The van der Waals surface area contributed by atoms with Crippen molar-refractivity contribution in [3.63, 3.8) is 0 Å². The Hall–Kier alpha value is -4.01. The lowest BCUT2D eigenvalue weighted by atomic mass is 9.99. The van der Waals surface area contributed by atoms with Crippen LogP contribution in [0.2, 0.25) is 0 Å². The van der Waals surface area contributed by atoms with Crippen LogP contribution in [0.1, 0.15) is 12.0 Å². The van der Waals surface area contributed by atoms with E-state index < -0.39 is 0 Å². The number of urea groups is 1. The lowest BCUT2D eigenvalue weighted by Gasteiger charge is -2.30. The monoisotopic (exact) mass is 414 g/mol. The molecule has 9 nitrogen and oxygen atoms in total. The molecule has 1 aromatic carbocycles. The van der Waals surface area contributed by atoms with Gasteiger partial charge in [0.05, 0.1) is 5.69 Å². The zero-order chi connectivity index (χ0) is 21.5. The van der Waals surface area contributed by atoms with Gasteiger partial charge in [0.1, 0.15) is 22.7 Å². The number of fused-ring (bicyclic) bond motifs is 1. The second-order valence-corrected chi connectivity index (χ2v) is 7.70. The Kier molecular flexibility index (Phi) is 4.50. The number of nitrogens with one attached hydrogen (secondary N) is 1. The molecule has 0 spiro atoms. The molecule has 0 unspecified atom stereocenters. The number of anilines is 2. The largest absolute Gasteiger partial charge is 0.383 e. The molecule has 0 atom stereocenters. The summed E-state index contributed by atoms with van der Waals surface area (Å²) in [7, 11) is 1.81. The van der Waals surface area contributed by atoms with Gasteiger partial charge >= 0.3 is 6.03 Å². The number of nitrogen functional groups attached to an aromatic ring is 1. The van der Waals surface area contributed by atoms with E-state index in [2.05, 4.69) is 25.6 Å². The Balaban J connectivity index is 1.57. The van der Waals surface area contributed by atoms with Gasteiger partial charge in [0, 0.05) is 49.0 Å². The topological polar surface area (TPSA) is 115 Å². The Morgan fingerprint density at radius 2 is 2.03 bits per heavy atom. The molecule has 156 valence electrons. The number of nitrogens with two attached hydrogens (primary N) is 1. The first-order chi connectivity index (χ1) is 15.0. The van der Waals surface area contributed by atoms with Gasteiger partial charge in [-0.3, -0.25) is 4.68 Å². The van der Waals surface area contributed by atoms with Crippen molar-refractivity contribution in [2.24, 2.45) is 7.05 Å². The molecule has 9 heteroatoms. The third kappa shape index (κ3) is 3.33. The smallest absolute Gasteiger partial charge is 0.321 e. The fourth-order valence-electron chi connectivity index (χ4n) is 3.80. The van der Waals surface area contributed by atoms with Gasteiger partial charge in [0.15, 0.2) is 0 Å². The molecule has 1 aliphatic heterocycles. The average molecular weight is 414 g/mol. The van der Waals surface area contributed by atoms with Gasteiger partial charge in [-0.2, -0.15) is 5.10 Å². The van der Waals surface area contributed by atoms with Gasteiger partial charge in [0.25, 0.3) is 0 Å². The minimum atomic E-state index is -0.126. The summed E-state index contributed by atoms with van der Waals surface area (Å²) in [6.07, 6.45) is 4.50. The van der Waals surface area contributed by atoms with E-state index in [0.717, 1.165) is 47.1 Å². The van der Waals surface area contributed by atoms with Crippen LogP contribution in [-0.4, -0.2) is 49.0 Å². The number of pyridine rings is 1. The maximum absolute atomic E-state index is 12.4. The van der Waals surface area contributed by atoms with Crippen molar-refractivity contribution in [1.82, 2.24) is 29.9 Å². The maximum atomic E-state index is 12.4. The second kappa shape index (κ2) is 7.35. The van der Waals surface area contributed by atoms with Crippen molar-refractivity contribution in [2.75, 3.05) is 24.1 Å². The van der Waals surface area contributed by atoms with E-state index in [1.165, 1.54) is 0 Å². The predicted molar refractivity (Wildman–Crippen MR) is 119 cm³/mol. The van der Waals surface area contributed by atoms with E-state index in [-0.39, 0.29) is 6.03 Å². The van der Waals surface area contributed by atoms with Crippen LogP contribution in [-0.2, 0) is 7.05 Å². The van der Waals surface area contributed by atoms with Crippen LogP contribution >= 0.6 is 0 Å². The van der Waals surface area contributed by atoms with Crippen molar-refractivity contribution in [1.29, 1.82) is 0 Å². The highest BCUT2D eigenvalue weighted by Crippen LogP contribution is 2.34. The third-order valence-electron chi connectivity index (χ3n) is 5.53. The standard InChI is InChI=1S/C22H22N8O/c1-13-7-8-24-21(23)18(13)15-6-3-5-14-11-16(26-27-19(14)15)20-17(12-29(2)28-20)25-22(31)30-9-4-10-30/h3,5-8,11-12H,4,9-10H2,1-2H3,(H2,23,24)(H,25,31).